The molecule has 0 aromatic carbocycles. The average molecular weight is 238 g/mol. The van der Waals surface area contributed by atoms with Crippen LogP contribution >= 0.6 is 0 Å². The van der Waals surface area contributed by atoms with Crippen molar-refractivity contribution in [2.75, 3.05) is 45.7 Å². The summed E-state index contributed by atoms with van der Waals surface area (Å²) in [6.45, 7) is 5.26. The first-order valence-corrected chi connectivity index (χ1v) is 5.99. The third kappa shape index (κ3) is 6.19. The minimum Gasteiger partial charge on any atom is -0.378 e. The Morgan fingerprint density at radius 1 is 1.29 bits per heavy atom. The van der Waals surface area contributed by atoms with E-state index in [-0.39, 0.29) is 0 Å². The average Bonchev–Trinajstić information content (AvgIpc) is 2.33. The third-order valence-electron chi connectivity index (χ3n) is 2.32. The smallest absolute Gasteiger partial charge is 0.129 e. The number of nitrogens with one attached hydrogen (secondary N) is 1. The molecule has 0 spiro atoms. The minimum atomic E-state index is 0.694. The van der Waals surface area contributed by atoms with Crippen molar-refractivity contribution in [1.82, 2.24) is 14.9 Å². The molecule has 0 saturated heterocycles. The van der Waals surface area contributed by atoms with Crippen LogP contribution in [0.15, 0.2) is 12.4 Å². The van der Waals surface area contributed by atoms with Gasteiger partial charge in [0.15, 0.2) is 0 Å². The fourth-order valence-corrected chi connectivity index (χ4v) is 1.29. The first-order chi connectivity index (χ1) is 8.22. The maximum absolute atomic E-state index is 5.48. The van der Waals surface area contributed by atoms with Gasteiger partial charge < -0.3 is 15.0 Å². The van der Waals surface area contributed by atoms with Crippen molar-refractivity contribution in [3.63, 3.8) is 0 Å². The number of hydrogen-bond acceptors (Lipinski definition) is 5. The summed E-state index contributed by atoms with van der Waals surface area (Å²) in [5.41, 5.74) is 1.05. The van der Waals surface area contributed by atoms with E-state index in [4.69, 9.17) is 4.74 Å². The molecule has 0 radical (unpaired) electrons. The second kappa shape index (κ2) is 7.97. The lowest BCUT2D eigenvalue weighted by Gasteiger charge is -2.10. The van der Waals surface area contributed by atoms with Crippen LogP contribution in [-0.4, -0.2) is 55.3 Å². The molecule has 1 rings (SSSR count). The lowest BCUT2D eigenvalue weighted by molar-refractivity contribution is 0.126. The predicted octanol–water partition coefficient (Wildman–Crippen LogP) is 1.03. The number of anilines is 1. The SMILES string of the molecule is CCc1cc(NCCOCCN(C)C)ncn1. The van der Waals surface area contributed by atoms with Crippen molar-refractivity contribution >= 4 is 5.82 Å². The molecule has 1 aromatic rings. The molecular formula is C12H22N4O. The normalized spacial score (nSPS) is 10.8. The number of likely N-dealkylation sites (N-methyl/N-ethyl adjacent to an activating group) is 1. The van der Waals surface area contributed by atoms with Crippen LogP contribution in [0.4, 0.5) is 5.82 Å². The van der Waals surface area contributed by atoms with Crippen LogP contribution < -0.4 is 5.32 Å². The summed E-state index contributed by atoms with van der Waals surface area (Å²) in [6.07, 6.45) is 2.52. The number of aromatic nitrogens is 2. The third-order valence-corrected chi connectivity index (χ3v) is 2.32. The summed E-state index contributed by atoms with van der Waals surface area (Å²) in [6, 6.07) is 1.97. The summed E-state index contributed by atoms with van der Waals surface area (Å²) < 4.78 is 5.48. The minimum absolute atomic E-state index is 0.694. The second-order valence-electron chi connectivity index (χ2n) is 4.09. The van der Waals surface area contributed by atoms with Gasteiger partial charge in [-0.1, -0.05) is 6.92 Å². The molecule has 1 aromatic heterocycles. The molecule has 0 aliphatic heterocycles. The van der Waals surface area contributed by atoms with Gasteiger partial charge in [-0.25, -0.2) is 9.97 Å². The van der Waals surface area contributed by atoms with Gasteiger partial charge in [0.1, 0.15) is 12.1 Å². The molecule has 5 nitrogen and oxygen atoms in total. The highest BCUT2D eigenvalue weighted by Crippen LogP contribution is 2.03. The highest BCUT2D eigenvalue weighted by atomic mass is 16.5. The van der Waals surface area contributed by atoms with Crippen molar-refractivity contribution in [1.29, 1.82) is 0 Å². The quantitative estimate of drug-likeness (QED) is 0.686. The molecule has 96 valence electrons. The van der Waals surface area contributed by atoms with Gasteiger partial charge in [-0.3, -0.25) is 0 Å². The Labute approximate surface area is 103 Å². The van der Waals surface area contributed by atoms with Gasteiger partial charge in [0.05, 0.1) is 13.2 Å². The van der Waals surface area contributed by atoms with E-state index >= 15 is 0 Å². The molecule has 0 atom stereocenters. The van der Waals surface area contributed by atoms with E-state index in [9.17, 15) is 0 Å². The molecule has 5 heteroatoms. The van der Waals surface area contributed by atoms with Crippen molar-refractivity contribution in [3.05, 3.63) is 18.1 Å². The van der Waals surface area contributed by atoms with Crippen LogP contribution in [0.25, 0.3) is 0 Å². The molecule has 17 heavy (non-hydrogen) atoms. The number of hydrogen-bond donors (Lipinski definition) is 1. The van der Waals surface area contributed by atoms with Gasteiger partial charge in [0, 0.05) is 24.8 Å². The van der Waals surface area contributed by atoms with Gasteiger partial charge in [0.25, 0.3) is 0 Å². The zero-order valence-corrected chi connectivity index (χ0v) is 10.9. The van der Waals surface area contributed by atoms with Crippen LogP contribution in [0, 0.1) is 0 Å². The molecule has 0 bridgehead atoms. The fourth-order valence-electron chi connectivity index (χ4n) is 1.29. The molecule has 0 fully saturated rings. The maximum Gasteiger partial charge on any atom is 0.129 e. The summed E-state index contributed by atoms with van der Waals surface area (Å²) in [4.78, 5) is 10.4. The second-order valence-corrected chi connectivity index (χ2v) is 4.09. The highest BCUT2D eigenvalue weighted by Gasteiger charge is 1.96. The highest BCUT2D eigenvalue weighted by molar-refractivity contribution is 5.34. The predicted molar refractivity (Wildman–Crippen MR) is 69.3 cm³/mol. The summed E-state index contributed by atoms with van der Waals surface area (Å²) in [5, 5.41) is 3.22. The zero-order chi connectivity index (χ0) is 12.5. The molecule has 0 aliphatic carbocycles. The summed E-state index contributed by atoms with van der Waals surface area (Å²) >= 11 is 0. The van der Waals surface area contributed by atoms with Gasteiger partial charge >= 0.3 is 0 Å². The summed E-state index contributed by atoms with van der Waals surface area (Å²) in [7, 11) is 4.07. The van der Waals surface area contributed by atoms with Crippen molar-refractivity contribution in [2.24, 2.45) is 0 Å². The van der Waals surface area contributed by atoms with Gasteiger partial charge in [-0.2, -0.15) is 0 Å². The Morgan fingerprint density at radius 3 is 2.82 bits per heavy atom. The Bertz CT molecular complexity index is 317. The van der Waals surface area contributed by atoms with E-state index in [2.05, 4.69) is 27.1 Å². The monoisotopic (exact) mass is 238 g/mol. The number of aryl methyl sites for hydroxylation is 1. The van der Waals surface area contributed by atoms with Crippen LogP contribution in [0.1, 0.15) is 12.6 Å². The molecule has 0 unspecified atom stereocenters. The Kier molecular flexibility index (Phi) is 6.50. The van der Waals surface area contributed by atoms with E-state index in [1.54, 1.807) is 6.33 Å². The summed E-state index contributed by atoms with van der Waals surface area (Å²) in [5.74, 6) is 0.869. The van der Waals surface area contributed by atoms with Crippen molar-refractivity contribution in [2.45, 2.75) is 13.3 Å². The van der Waals surface area contributed by atoms with E-state index in [1.165, 1.54) is 0 Å². The van der Waals surface area contributed by atoms with Gasteiger partial charge in [0.2, 0.25) is 0 Å². The molecule has 0 amide bonds. The standard InChI is InChI=1S/C12H22N4O/c1-4-11-9-12(15-10-14-11)13-5-7-17-8-6-16(2)3/h9-10H,4-8H2,1-3H3,(H,13,14,15). The molecular weight excluding hydrogens is 216 g/mol. The van der Waals surface area contributed by atoms with E-state index in [0.717, 1.165) is 37.6 Å². The van der Waals surface area contributed by atoms with E-state index in [1.807, 2.05) is 20.2 Å². The Balaban J connectivity index is 2.13. The number of ether oxygens (including phenoxy) is 1. The van der Waals surface area contributed by atoms with E-state index in [0.29, 0.717) is 6.61 Å². The Hall–Kier alpha value is -1.20. The van der Waals surface area contributed by atoms with Crippen LogP contribution in [0.2, 0.25) is 0 Å². The lowest BCUT2D eigenvalue weighted by Crippen LogP contribution is -2.20. The first-order valence-electron chi connectivity index (χ1n) is 5.99. The lowest BCUT2D eigenvalue weighted by atomic mass is 10.3. The molecule has 1 heterocycles. The van der Waals surface area contributed by atoms with Crippen LogP contribution in [0.3, 0.4) is 0 Å². The topological polar surface area (TPSA) is 50.3 Å². The molecule has 1 N–H and O–H groups in total. The largest absolute Gasteiger partial charge is 0.378 e. The fraction of sp³-hybridized carbons (Fsp3) is 0.667. The Morgan fingerprint density at radius 2 is 2.12 bits per heavy atom. The van der Waals surface area contributed by atoms with Gasteiger partial charge in [-0.15, -0.1) is 0 Å². The van der Waals surface area contributed by atoms with E-state index < -0.39 is 0 Å². The zero-order valence-electron chi connectivity index (χ0n) is 10.9. The van der Waals surface area contributed by atoms with Crippen LogP contribution in [0.5, 0.6) is 0 Å². The first kappa shape index (κ1) is 13.9. The van der Waals surface area contributed by atoms with Gasteiger partial charge in [-0.05, 0) is 20.5 Å². The number of rotatable bonds is 8. The molecule has 0 aliphatic rings. The number of nitrogens with zero attached hydrogens (tertiary/aromatic N) is 3. The molecule has 0 saturated carbocycles. The maximum atomic E-state index is 5.48. The van der Waals surface area contributed by atoms with Crippen LogP contribution in [-0.2, 0) is 11.2 Å². The van der Waals surface area contributed by atoms with Crippen molar-refractivity contribution in [3.8, 4) is 0 Å². The van der Waals surface area contributed by atoms with Crippen molar-refractivity contribution < 1.29 is 4.74 Å².